The Labute approximate surface area is 262 Å². The molecule has 5 aliphatic rings. The first-order chi connectivity index (χ1) is 21.0. The van der Waals surface area contributed by atoms with Gasteiger partial charge in [-0.1, -0.05) is 25.1 Å². The van der Waals surface area contributed by atoms with Crippen LogP contribution < -0.4 is 0 Å². The molecule has 11 unspecified atom stereocenters. The van der Waals surface area contributed by atoms with Crippen LogP contribution >= 0.6 is 0 Å². The fourth-order valence-corrected chi connectivity index (χ4v) is 9.06. The minimum absolute atomic E-state index is 0.00635. The Bertz CT molecular complexity index is 1440. The lowest BCUT2D eigenvalue weighted by molar-refractivity contribution is -0.401. The van der Waals surface area contributed by atoms with Crippen molar-refractivity contribution in [2.75, 3.05) is 6.61 Å². The number of phenols is 1. The van der Waals surface area contributed by atoms with E-state index in [-0.39, 0.29) is 25.2 Å². The summed E-state index contributed by atoms with van der Waals surface area (Å²) in [4.78, 5) is 26.5. The number of aliphatic hydroxyl groups excluding tert-OH is 2. The molecule has 2 saturated carbocycles. The summed E-state index contributed by atoms with van der Waals surface area (Å²) in [5.41, 5.74) is -3.97. The van der Waals surface area contributed by atoms with Crippen molar-refractivity contribution < 1.29 is 53.7 Å². The summed E-state index contributed by atoms with van der Waals surface area (Å²) in [6.45, 7) is 11.4. The number of fused-ring (bicyclic) bond motifs is 3. The predicted molar refractivity (Wildman–Crippen MR) is 158 cm³/mol. The second kappa shape index (κ2) is 10.6. The van der Waals surface area contributed by atoms with Crippen LogP contribution in [-0.4, -0.2) is 86.8 Å². The number of allylic oxidation sites excluding steroid dienone is 1. The molecule has 4 fully saturated rings. The van der Waals surface area contributed by atoms with Crippen LogP contribution in [0.25, 0.3) is 0 Å². The van der Waals surface area contributed by atoms with Gasteiger partial charge in [-0.05, 0) is 64.3 Å². The van der Waals surface area contributed by atoms with Crippen LogP contribution in [0.4, 0.5) is 0 Å². The van der Waals surface area contributed by atoms with Gasteiger partial charge in [0.15, 0.2) is 11.9 Å². The molecule has 0 spiro atoms. The quantitative estimate of drug-likeness (QED) is 0.216. The third kappa shape index (κ3) is 4.38. The summed E-state index contributed by atoms with van der Waals surface area (Å²) in [7, 11) is 0. The number of rotatable bonds is 5. The topological polar surface area (TPSA) is 161 Å². The highest BCUT2D eigenvalue weighted by atomic mass is 16.7. The monoisotopic (exact) mass is 628 g/mol. The lowest BCUT2D eigenvalue weighted by atomic mass is 9.49. The molecular formula is C34H44O11. The molecule has 11 atom stereocenters. The number of ether oxygens (including phenoxy) is 5. The molecule has 2 heterocycles. The molecule has 3 aliphatic carbocycles. The van der Waals surface area contributed by atoms with Crippen molar-refractivity contribution in [1.29, 1.82) is 0 Å². The Balaban J connectivity index is 1.65. The van der Waals surface area contributed by atoms with E-state index >= 15 is 0 Å². The lowest BCUT2D eigenvalue weighted by Gasteiger charge is -2.67. The fraction of sp³-hybridized carbons (Fsp3) is 0.647. The van der Waals surface area contributed by atoms with Crippen molar-refractivity contribution in [3.05, 3.63) is 52.6 Å². The number of carbonyl (C=O) groups excluding carboxylic acids is 2. The van der Waals surface area contributed by atoms with Gasteiger partial charge in [0.1, 0.15) is 24.1 Å². The van der Waals surface area contributed by atoms with E-state index in [0.29, 0.717) is 22.3 Å². The molecule has 1 aromatic rings. The van der Waals surface area contributed by atoms with Gasteiger partial charge < -0.3 is 44.1 Å². The van der Waals surface area contributed by atoms with Crippen LogP contribution in [0, 0.1) is 16.7 Å². The van der Waals surface area contributed by atoms with Crippen LogP contribution in [0.3, 0.4) is 0 Å². The summed E-state index contributed by atoms with van der Waals surface area (Å²) in [5, 5.41) is 46.1. The van der Waals surface area contributed by atoms with E-state index < -0.39 is 82.8 Å². The highest BCUT2D eigenvalue weighted by Gasteiger charge is 2.80. The first-order valence-corrected chi connectivity index (χ1v) is 15.6. The maximum Gasteiger partial charge on any atom is 0.333 e. The number of benzene rings is 1. The Hall–Kier alpha value is -2.80. The van der Waals surface area contributed by atoms with Crippen LogP contribution in [0.2, 0.25) is 0 Å². The van der Waals surface area contributed by atoms with Gasteiger partial charge in [-0.2, -0.15) is 0 Å². The van der Waals surface area contributed by atoms with Gasteiger partial charge in [0.25, 0.3) is 0 Å². The number of hydrogen-bond acceptors (Lipinski definition) is 11. The molecule has 4 N–H and O–H groups in total. The van der Waals surface area contributed by atoms with Gasteiger partial charge in [0.2, 0.25) is 0 Å². The van der Waals surface area contributed by atoms with E-state index in [1.54, 1.807) is 52.8 Å². The molecule has 2 saturated heterocycles. The maximum atomic E-state index is 13.7. The van der Waals surface area contributed by atoms with Gasteiger partial charge in [-0.25, -0.2) is 4.79 Å². The molecule has 246 valence electrons. The Morgan fingerprint density at radius 3 is 2.31 bits per heavy atom. The average molecular weight is 629 g/mol. The zero-order valence-corrected chi connectivity index (χ0v) is 26.8. The zero-order chi connectivity index (χ0) is 32.9. The van der Waals surface area contributed by atoms with E-state index in [0.717, 1.165) is 0 Å². The van der Waals surface area contributed by atoms with Crippen molar-refractivity contribution in [1.82, 2.24) is 0 Å². The van der Waals surface area contributed by atoms with Crippen molar-refractivity contribution in [2.45, 2.75) is 115 Å². The third-order valence-corrected chi connectivity index (χ3v) is 11.4. The predicted octanol–water partition coefficient (Wildman–Crippen LogP) is 2.99. The summed E-state index contributed by atoms with van der Waals surface area (Å²) in [5.74, 6) is -2.05. The number of hydrogen-bond donors (Lipinski definition) is 4. The highest BCUT2D eigenvalue weighted by molar-refractivity contribution is 5.88. The molecule has 1 aromatic carbocycles. The SMILES string of the molecule is CC=C(C)C(=O)OC1C2C3(OC(C)=O)COC3CC3OC(c4ccc(O)cc4)OC(C(O)C4=C(C)C(O)CC41C(C)(C)O)C32C. The van der Waals surface area contributed by atoms with E-state index in [2.05, 4.69) is 0 Å². The van der Waals surface area contributed by atoms with E-state index in [1.807, 2.05) is 6.92 Å². The largest absolute Gasteiger partial charge is 0.508 e. The highest BCUT2D eigenvalue weighted by Crippen LogP contribution is 2.70. The van der Waals surface area contributed by atoms with Crippen LogP contribution in [-0.2, 0) is 33.3 Å². The fourth-order valence-electron chi connectivity index (χ4n) is 9.06. The van der Waals surface area contributed by atoms with Gasteiger partial charge in [-0.15, -0.1) is 0 Å². The van der Waals surface area contributed by atoms with Gasteiger partial charge >= 0.3 is 11.9 Å². The molecule has 11 heteroatoms. The van der Waals surface area contributed by atoms with E-state index in [1.165, 1.54) is 19.1 Å². The van der Waals surface area contributed by atoms with Crippen molar-refractivity contribution in [2.24, 2.45) is 16.7 Å². The van der Waals surface area contributed by atoms with Crippen LogP contribution in [0.5, 0.6) is 5.75 Å². The van der Waals surface area contributed by atoms with Crippen molar-refractivity contribution in [3.8, 4) is 5.75 Å². The minimum Gasteiger partial charge on any atom is -0.508 e. The van der Waals surface area contributed by atoms with Gasteiger partial charge in [0.05, 0.1) is 41.9 Å². The standard InChI is InChI=1S/C34H44O11/c1-8-16(2)29(39)43-28-26-32(7)22(13-23-34(26,15-41-23)45-18(4)35)42-30(19-9-11-20(36)12-10-19)44-27(32)25(38)24-17(3)21(37)14-33(24,28)31(5,6)40/h8-12,21-23,25-28,30,36-38,40H,13-15H2,1-7H3. The van der Waals surface area contributed by atoms with E-state index in [9.17, 15) is 30.0 Å². The number of carbonyl (C=O) groups is 2. The smallest absolute Gasteiger partial charge is 0.333 e. The number of esters is 2. The van der Waals surface area contributed by atoms with E-state index in [4.69, 9.17) is 23.7 Å². The van der Waals surface area contributed by atoms with Crippen LogP contribution in [0.15, 0.2) is 47.1 Å². The number of aliphatic hydroxyl groups is 3. The molecule has 6 rings (SSSR count). The Morgan fingerprint density at radius 2 is 1.76 bits per heavy atom. The molecule has 0 bridgehead atoms. The zero-order valence-electron chi connectivity index (χ0n) is 26.8. The molecule has 2 aliphatic heterocycles. The summed E-state index contributed by atoms with van der Waals surface area (Å²) in [6.07, 6.45) is -5.13. The molecule has 0 amide bonds. The summed E-state index contributed by atoms with van der Waals surface area (Å²) in [6, 6.07) is 6.37. The van der Waals surface area contributed by atoms with Crippen molar-refractivity contribution >= 4 is 11.9 Å². The van der Waals surface area contributed by atoms with Gasteiger partial charge in [0, 0.05) is 29.9 Å². The first kappa shape index (κ1) is 32.2. The number of phenolic OH excluding ortho intramolecular Hbond substituents is 1. The Kier molecular flexibility index (Phi) is 7.58. The Morgan fingerprint density at radius 1 is 1.09 bits per heavy atom. The normalized spacial score (nSPS) is 42.5. The van der Waals surface area contributed by atoms with Crippen molar-refractivity contribution in [3.63, 3.8) is 0 Å². The second-order valence-corrected chi connectivity index (χ2v) is 14.1. The maximum absolute atomic E-state index is 13.7. The third-order valence-electron chi connectivity index (χ3n) is 11.4. The summed E-state index contributed by atoms with van der Waals surface area (Å²) < 4.78 is 32.1. The average Bonchev–Trinajstić information content (AvgIpc) is 3.21. The molecular weight excluding hydrogens is 584 g/mol. The second-order valence-electron chi connectivity index (χ2n) is 14.1. The molecule has 11 nitrogen and oxygen atoms in total. The first-order valence-electron chi connectivity index (χ1n) is 15.6. The lowest BCUT2D eigenvalue weighted by Crippen LogP contribution is -2.80. The minimum atomic E-state index is -1.66. The number of aromatic hydroxyl groups is 1. The molecule has 0 radical (unpaired) electrons. The summed E-state index contributed by atoms with van der Waals surface area (Å²) >= 11 is 0. The van der Waals surface area contributed by atoms with Crippen LogP contribution in [0.1, 0.15) is 73.2 Å². The van der Waals surface area contributed by atoms with Gasteiger partial charge in [-0.3, -0.25) is 4.79 Å². The molecule has 45 heavy (non-hydrogen) atoms. The molecule has 0 aromatic heterocycles.